The molecule has 1 aromatic heterocycles. The second-order valence-corrected chi connectivity index (χ2v) is 11.9. The summed E-state index contributed by atoms with van der Waals surface area (Å²) >= 11 is 5.63. The predicted octanol–water partition coefficient (Wildman–Crippen LogP) is 0.796. The molecule has 2 unspecified atom stereocenters. The Morgan fingerprint density at radius 1 is 1.28 bits per heavy atom. The Hall–Kier alpha value is -2.38. The molecule has 0 radical (unpaired) electrons. The van der Waals surface area contributed by atoms with Crippen LogP contribution in [0, 0.1) is 0 Å². The maximum atomic E-state index is 12.4. The van der Waals surface area contributed by atoms with Crippen LogP contribution in [0.15, 0.2) is 52.2 Å². The van der Waals surface area contributed by atoms with Crippen molar-refractivity contribution in [1.82, 2.24) is 14.6 Å². The normalized spacial score (nSPS) is 26.4. The SMILES string of the molecule is CC(C)OC(=O)[C@H](C)NP(=S)(OC[C@H]1OC(n2ccc(=O)[nH]c2=O)[C@](C)(O)[C@@H]1O)Oc1ccccc1. The van der Waals surface area contributed by atoms with Gasteiger partial charge < -0.3 is 28.7 Å². The Labute approximate surface area is 212 Å². The number of para-hydroxylation sites is 1. The lowest BCUT2D eigenvalue weighted by Crippen LogP contribution is -2.47. The molecule has 0 spiro atoms. The van der Waals surface area contributed by atoms with Crippen molar-refractivity contribution in [3.8, 4) is 5.75 Å². The van der Waals surface area contributed by atoms with Crippen LogP contribution in [0.5, 0.6) is 5.75 Å². The summed E-state index contributed by atoms with van der Waals surface area (Å²) in [4.78, 5) is 38.1. The molecule has 14 heteroatoms. The maximum absolute atomic E-state index is 12.4. The number of aromatic amines is 1. The molecule has 0 bridgehead atoms. The lowest BCUT2D eigenvalue weighted by atomic mass is 9.96. The molecule has 1 saturated heterocycles. The molecule has 1 fully saturated rings. The van der Waals surface area contributed by atoms with Gasteiger partial charge in [-0.05, 0) is 51.6 Å². The zero-order chi connectivity index (χ0) is 26.7. The lowest BCUT2D eigenvalue weighted by Gasteiger charge is -2.28. The molecule has 12 nitrogen and oxygen atoms in total. The van der Waals surface area contributed by atoms with E-state index in [0.29, 0.717) is 5.75 Å². The van der Waals surface area contributed by atoms with Crippen LogP contribution in [0.4, 0.5) is 0 Å². The lowest BCUT2D eigenvalue weighted by molar-refractivity contribution is -0.149. The number of benzene rings is 1. The van der Waals surface area contributed by atoms with Gasteiger partial charge in [-0.15, -0.1) is 0 Å². The second kappa shape index (κ2) is 11.3. The smallest absolute Gasteiger partial charge is 0.330 e. The third-order valence-corrected chi connectivity index (χ3v) is 7.79. The first-order valence-electron chi connectivity index (χ1n) is 11.2. The Balaban J connectivity index is 1.80. The van der Waals surface area contributed by atoms with Crippen molar-refractivity contribution in [3.05, 3.63) is 63.4 Å². The van der Waals surface area contributed by atoms with E-state index in [-0.39, 0.29) is 12.7 Å². The first-order valence-corrected chi connectivity index (χ1v) is 13.8. The molecule has 0 amide bonds. The van der Waals surface area contributed by atoms with E-state index in [9.17, 15) is 24.6 Å². The highest BCUT2D eigenvalue weighted by atomic mass is 32.5. The van der Waals surface area contributed by atoms with E-state index >= 15 is 0 Å². The Bertz CT molecular complexity index is 1220. The van der Waals surface area contributed by atoms with Crippen LogP contribution in [-0.2, 0) is 30.6 Å². The largest absolute Gasteiger partial charge is 0.462 e. The fraction of sp³-hybridized carbons (Fsp3) is 0.500. The van der Waals surface area contributed by atoms with Gasteiger partial charge in [-0.25, -0.2) is 9.88 Å². The van der Waals surface area contributed by atoms with Crippen LogP contribution < -0.4 is 20.9 Å². The number of carbonyl (C=O) groups is 1. The molecule has 3 rings (SSSR count). The van der Waals surface area contributed by atoms with E-state index in [1.54, 1.807) is 51.1 Å². The van der Waals surface area contributed by atoms with Crippen LogP contribution in [0.3, 0.4) is 0 Å². The van der Waals surface area contributed by atoms with Gasteiger partial charge in [0.05, 0.1) is 12.7 Å². The molecule has 4 N–H and O–H groups in total. The number of aliphatic hydroxyl groups excluding tert-OH is 1. The van der Waals surface area contributed by atoms with Gasteiger partial charge in [0.2, 0.25) is 0 Å². The van der Waals surface area contributed by atoms with Gasteiger partial charge >= 0.3 is 18.3 Å². The van der Waals surface area contributed by atoms with Gasteiger partial charge in [-0.3, -0.25) is 19.1 Å². The number of hydrogen-bond donors (Lipinski definition) is 4. The fourth-order valence-corrected chi connectivity index (χ4v) is 5.91. The summed E-state index contributed by atoms with van der Waals surface area (Å²) in [5, 5.41) is 24.5. The zero-order valence-corrected chi connectivity index (χ0v) is 21.9. The van der Waals surface area contributed by atoms with E-state index in [1.165, 1.54) is 6.92 Å². The minimum Gasteiger partial charge on any atom is -0.462 e. The zero-order valence-electron chi connectivity index (χ0n) is 20.2. The number of nitrogens with one attached hydrogen (secondary N) is 2. The van der Waals surface area contributed by atoms with Crippen molar-refractivity contribution in [3.63, 3.8) is 0 Å². The Morgan fingerprint density at radius 3 is 2.56 bits per heavy atom. The number of carbonyl (C=O) groups excluding carboxylic acids is 1. The van der Waals surface area contributed by atoms with E-state index in [1.807, 2.05) is 0 Å². The number of esters is 1. The molecule has 1 aliphatic rings. The molecule has 6 atom stereocenters. The molecule has 0 saturated carbocycles. The first kappa shape index (κ1) is 28.2. The van der Waals surface area contributed by atoms with Crippen LogP contribution in [0.1, 0.15) is 33.9 Å². The van der Waals surface area contributed by atoms with Crippen molar-refractivity contribution in [2.45, 2.75) is 63.9 Å². The van der Waals surface area contributed by atoms with Gasteiger partial charge in [-0.2, -0.15) is 0 Å². The minimum atomic E-state index is -3.43. The topological polar surface area (TPSA) is 161 Å². The Morgan fingerprint density at radius 2 is 1.94 bits per heavy atom. The number of H-pyrrole nitrogens is 1. The molecule has 198 valence electrons. The number of nitrogens with zero attached hydrogens (tertiary/aromatic N) is 1. The number of aromatic nitrogens is 2. The van der Waals surface area contributed by atoms with Crippen LogP contribution in [0.2, 0.25) is 0 Å². The molecular weight excluding hydrogens is 513 g/mol. The first-order chi connectivity index (χ1) is 16.8. The highest BCUT2D eigenvalue weighted by Crippen LogP contribution is 2.47. The van der Waals surface area contributed by atoms with Crippen molar-refractivity contribution in [2.75, 3.05) is 6.61 Å². The average molecular weight is 544 g/mol. The molecule has 2 heterocycles. The van der Waals surface area contributed by atoms with Crippen molar-refractivity contribution in [1.29, 1.82) is 0 Å². The van der Waals surface area contributed by atoms with Gasteiger partial charge in [-0.1, -0.05) is 18.2 Å². The minimum absolute atomic E-state index is 0.340. The molecule has 36 heavy (non-hydrogen) atoms. The van der Waals surface area contributed by atoms with Crippen molar-refractivity contribution >= 4 is 24.4 Å². The van der Waals surface area contributed by atoms with Gasteiger partial charge in [0.25, 0.3) is 5.56 Å². The summed E-state index contributed by atoms with van der Waals surface area (Å²) in [5.41, 5.74) is -3.36. The summed E-state index contributed by atoms with van der Waals surface area (Å²) < 4.78 is 23.7. The molecule has 1 aliphatic heterocycles. The number of ether oxygens (including phenoxy) is 2. The van der Waals surface area contributed by atoms with Gasteiger partial charge in [0, 0.05) is 12.3 Å². The van der Waals surface area contributed by atoms with E-state index < -0.39 is 53.9 Å². The van der Waals surface area contributed by atoms with E-state index in [2.05, 4.69) is 10.1 Å². The van der Waals surface area contributed by atoms with E-state index in [4.69, 9.17) is 30.3 Å². The summed E-state index contributed by atoms with van der Waals surface area (Å²) in [6.45, 7) is 2.49. The third kappa shape index (κ3) is 6.68. The summed E-state index contributed by atoms with van der Waals surface area (Å²) in [6, 6.07) is 8.79. The van der Waals surface area contributed by atoms with Crippen molar-refractivity contribution in [2.24, 2.45) is 0 Å². The molecular formula is C22H30N3O9PS. The third-order valence-electron chi connectivity index (χ3n) is 5.29. The highest BCUT2D eigenvalue weighted by molar-refractivity contribution is 8.09. The summed E-state index contributed by atoms with van der Waals surface area (Å²) in [5.74, 6) is -0.174. The standard InChI is InChI=1S/C22H30N3O9PS/c1-13(2)32-19(28)14(3)24-35(36,34-15-8-6-5-7-9-15)31-12-16-18(27)22(4,30)20(33-16)25-11-10-17(26)23-21(25)29/h5-11,13-14,16,18,20,27,30H,12H2,1-4H3,(H,24,36)(H,23,26,29)/t14-,16+,18+,20?,22+,35?/m0/s1. The van der Waals surface area contributed by atoms with Crippen LogP contribution in [0.25, 0.3) is 0 Å². The number of rotatable bonds is 10. The van der Waals surface area contributed by atoms with E-state index in [0.717, 1.165) is 16.8 Å². The fourth-order valence-electron chi connectivity index (χ4n) is 3.50. The second-order valence-electron chi connectivity index (χ2n) is 8.75. The van der Waals surface area contributed by atoms with Gasteiger partial charge in [0.15, 0.2) is 6.23 Å². The Kier molecular flexibility index (Phi) is 8.88. The van der Waals surface area contributed by atoms with Gasteiger partial charge in [0.1, 0.15) is 29.6 Å². The number of hydrogen-bond acceptors (Lipinski definition) is 10. The van der Waals surface area contributed by atoms with Crippen LogP contribution >= 0.6 is 6.64 Å². The number of aliphatic hydroxyl groups is 2. The summed E-state index contributed by atoms with van der Waals surface area (Å²) in [7, 11) is 0. The molecule has 2 aromatic rings. The highest BCUT2D eigenvalue weighted by Gasteiger charge is 2.53. The monoisotopic (exact) mass is 543 g/mol. The molecule has 0 aliphatic carbocycles. The average Bonchev–Trinajstić information content (AvgIpc) is 3.01. The quantitative estimate of drug-likeness (QED) is 0.248. The predicted molar refractivity (Wildman–Crippen MR) is 133 cm³/mol. The summed E-state index contributed by atoms with van der Waals surface area (Å²) in [6.07, 6.45) is -3.14. The van der Waals surface area contributed by atoms with Crippen LogP contribution in [-0.4, -0.2) is 62.3 Å². The maximum Gasteiger partial charge on any atom is 0.330 e. The molecule has 1 aromatic carbocycles. The van der Waals surface area contributed by atoms with Crippen molar-refractivity contribution < 1.29 is 33.5 Å².